The normalized spacial score (nSPS) is 18.0. The lowest BCUT2D eigenvalue weighted by atomic mass is 9.92. The Morgan fingerprint density at radius 3 is 2.89 bits per heavy atom. The van der Waals surface area contributed by atoms with Gasteiger partial charge in [-0.15, -0.1) is 0 Å². The fraction of sp³-hybridized carbons (Fsp3) is 0.353. The van der Waals surface area contributed by atoms with E-state index in [1.54, 1.807) is 0 Å². The topological polar surface area (TPSA) is 24.9 Å². The third-order valence-corrected chi connectivity index (χ3v) is 3.84. The van der Waals surface area contributed by atoms with Gasteiger partial charge < -0.3 is 5.32 Å². The number of rotatable bonds is 4. The van der Waals surface area contributed by atoms with E-state index < -0.39 is 0 Å². The van der Waals surface area contributed by atoms with Crippen molar-refractivity contribution in [2.45, 2.75) is 31.7 Å². The molecule has 3 rings (SSSR count). The first-order valence-electron chi connectivity index (χ1n) is 7.14. The maximum Gasteiger partial charge on any atom is 0.0605 e. The first-order valence-corrected chi connectivity index (χ1v) is 7.14. The van der Waals surface area contributed by atoms with Crippen LogP contribution < -0.4 is 5.32 Å². The number of nitrogens with zero attached hydrogens (tertiary/aromatic N) is 1. The summed E-state index contributed by atoms with van der Waals surface area (Å²) in [6.45, 7) is 1.02. The fourth-order valence-electron chi connectivity index (χ4n) is 2.84. The Hall–Kier alpha value is -1.67. The summed E-state index contributed by atoms with van der Waals surface area (Å²) in [4.78, 5) is 4.56. The molecule has 1 aliphatic rings. The molecular formula is C17H20N2. The van der Waals surface area contributed by atoms with E-state index in [2.05, 4.69) is 46.7 Å². The minimum Gasteiger partial charge on any atom is -0.308 e. The molecule has 0 bridgehead atoms. The van der Waals surface area contributed by atoms with Crippen molar-refractivity contribution in [3.63, 3.8) is 0 Å². The third-order valence-electron chi connectivity index (χ3n) is 3.84. The summed E-state index contributed by atoms with van der Waals surface area (Å²) in [5, 5.41) is 3.66. The van der Waals surface area contributed by atoms with Crippen LogP contribution in [0.15, 0.2) is 48.7 Å². The molecule has 0 radical (unpaired) electrons. The molecule has 1 N–H and O–H groups in total. The Labute approximate surface area is 114 Å². The minimum atomic E-state index is 0.439. The van der Waals surface area contributed by atoms with Gasteiger partial charge in [0.15, 0.2) is 0 Å². The zero-order chi connectivity index (χ0) is 12.9. The molecule has 0 saturated carbocycles. The van der Waals surface area contributed by atoms with Gasteiger partial charge in [-0.05, 0) is 49.4 Å². The highest BCUT2D eigenvalue weighted by Gasteiger charge is 2.20. The lowest BCUT2D eigenvalue weighted by Gasteiger charge is -2.25. The molecule has 2 aromatic rings. The first kappa shape index (κ1) is 12.4. The molecule has 1 heterocycles. The van der Waals surface area contributed by atoms with E-state index in [-0.39, 0.29) is 0 Å². The summed E-state index contributed by atoms with van der Waals surface area (Å²) >= 11 is 0. The molecule has 0 fully saturated rings. The number of hydrogen-bond donors (Lipinski definition) is 1. The second kappa shape index (κ2) is 5.98. The molecule has 0 spiro atoms. The van der Waals surface area contributed by atoms with Crippen molar-refractivity contribution >= 4 is 0 Å². The number of aryl methyl sites for hydroxylation is 1. The minimum absolute atomic E-state index is 0.439. The molecule has 98 valence electrons. The van der Waals surface area contributed by atoms with Crippen LogP contribution in [0.4, 0.5) is 0 Å². The molecule has 1 aliphatic carbocycles. The maximum absolute atomic E-state index is 4.56. The van der Waals surface area contributed by atoms with Crippen molar-refractivity contribution in [3.05, 3.63) is 65.5 Å². The molecule has 2 nitrogen and oxygen atoms in total. The zero-order valence-electron chi connectivity index (χ0n) is 11.2. The van der Waals surface area contributed by atoms with E-state index in [0.29, 0.717) is 6.04 Å². The highest BCUT2D eigenvalue weighted by Crippen LogP contribution is 2.27. The van der Waals surface area contributed by atoms with Gasteiger partial charge in [0.05, 0.1) is 5.69 Å². The Kier molecular flexibility index (Phi) is 3.89. The SMILES string of the molecule is c1ccc(CCNC2CCCc3cccnc32)cc1. The summed E-state index contributed by atoms with van der Waals surface area (Å²) in [7, 11) is 0. The van der Waals surface area contributed by atoms with Crippen LogP contribution in [0.5, 0.6) is 0 Å². The van der Waals surface area contributed by atoms with E-state index in [1.165, 1.54) is 36.1 Å². The van der Waals surface area contributed by atoms with Crippen LogP contribution in [-0.2, 0) is 12.8 Å². The first-order chi connectivity index (χ1) is 9.43. The van der Waals surface area contributed by atoms with Gasteiger partial charge in [0.2, 0.25) is 0 Å². The van der Waals surface area contributed by atoms with Gasteiger partial charge >= 0.3 is 0 Å². The summed E-state index contributed by atoms with van der Waals surface area (Å²) in [6.07, 6.45) is 6.65. The number of nitrogens with one attached hydrogen (secondary N) is 1. The molecule has 2 heteroatoms. The molecule has 1 atom stereocenters. The number of pyridine rings is 1. The van der Waals surface area contributed by atoms with Crippen molar-refractivity contribution in [3.8, 4) is 0 Å². The predicted octanol–water partition coefficient (Wildman–Crippen LogP) is 3.29. The van der Waals surface area contributed by atoms with Crippen LogP contribution in [-0.4, -0.2) is 11.5 Å². The van der Waals surface area contributed by atoms with Crippen molar-refractivity contribution in [2.24, 2.45) is 0 Å². The summed E-state index contributed by atoms with van der Waals surface area (Å²) in [5.41, 5.74) is 4.08. The quantitative estimate of drug-likeness (QED) is 0.903. The fourth-order valence-corrected chi connectivity index (χ4v) is 2.84. The molecular weight excluding hydrogens is 232 g/mol. The van der Waals surface area contributed by atoms with E-state index in [0.717, 1.165) is 13.0 Å². The van der Waals surface area contributed by atoms with Crippen molar-refractivity contribution < 1.29 is 0 Å². The predicted molar refractivity (Wildman–Crippen MR) is 78.1 cm³/mol. The number of hydrogen-bond acceptors (Lipinski definition) is 2. The van der Waals surface area contributed by atoms with Crippen LogP contribution in [0.3, 0.4) is 0 Å². The monoisotopic (exact) mass is 252 g/mol. The highest BCUT2D eigenvalue weighted by molar-refractivity contribution is 5.25. The van der Waals surface area contributed by atoms with Gasteiger partial charge in [0.25, 0.3) is 0 Å². The van der Waals surface area contributed by atoms with E-state index in [9.17, 15) is 0 Å². The third kappa shape index (κ3) is 3.02. The standard InChI is InChI=1S/C17H20N2/c1-2-6-14(7-3-1)11-13-18-16-10-4-8-15-9-5-12-19-17(15)16/h1-3,5-7,9,12,16,18H,4,8,10-11,13H2. The number of fused-ring (bicyclic) bond motifs is 1. The molecule has 0 amide bonds. The van der Waals surface area contributed by atoms with Crippen molar-refractivity contribution in [2.75, 3.05) is 6.54 Å². The van der Waals surface area contributed by atoms with Gasteiger partial charge in [0.1, 0.15) is 0 Å². The molecule has 19 heavy (non-hydrogen) atoms. The Morgan fingerprint density at radius 1 is 1.11 bits per heavy atom. The van der Waals surface area contributed by atoms with Gasteiger partial charge in [0, 0.05) is 12.2 Å². The number of aromatic nitrogens is 1. The van der Waals surface area contributed by atoms with Crippen molar-refractivity contribution in [1.29, 1.82) is 0 Å². The zero-order valence-corrected chi connectivity index (χ0v) is 11.2. The average molecular weight is 252 g/mol. The van der Waals surface area contributed by atoms with Gasteiger partial charge in [-0.25, -0.2) is 0 Å². The smallest absolute Gasteiger partial charge is 0.0605 e. The largest absolute Gasteiger partial charge is 0.308 e. The second-order valence-electron chi connectivity index (χ2n) is 5.18. The van der Waals surface area contributed by atoms with Gasteiger partial charge in [-0.3, -0.25) is 4.98 Å². The second-order valence-corrected chi connectivity index (χ2v) is 5.18. The summed E-state index contributed by atoms with van der Waals surface area (Å²) in [5.74, 6) is 0. The summed E-state index contributed by atoms with van der Waals surface area (Å²) in [6, 6.07) is 15.4. The molecule has 1 aromatic heterocycles. The molecule has 0 saturated heterocycles. The van der Waals surface area contributed by atoms with E-state index in [4.69, 9.17) is 0 Å². The van der Waals surface area contributed by atoms with Gasteiger partial charge in [-0.2, -0.15) is 0 Å². The number of benzene rings is 1. The van der Waals surface area contributed by atoms with E-state index in [1.807, 2.05) is 12.3 Å². The summed E-state index contributed by atoms with van der Waals surface area (Å²) < 4.78 is 0. The Balaban J connectivity index is 1.59. The lowest BCUT2D eigenvalue weighted by molar-refractivity contribution is 0.451. The van der Waals surface area contributed by atoms with Crippen LogP contribution in [0.1, 0.15) is 35.7 Å². The van der Waals surface area contributed by atoms with Crippen LogP contribution in [0, 0.1) is 0 Å². The Bertz CT molecular complexity index is 522. The van der Waals surface area contributed by atoms with Crippen LogP contribution in [0.25, 0.3) is 0 Å². The van der Waals surface area contributed by atoms with Crippen LogP contribution >= 0.6 is 0 Å². The van der Waals surface area contributed by atoms with Crippen LogP contribution in [0.2, 0.25) is 0 Å². The highest BCUT2D eigenvalue weighted by atomic mass is 14.9. The molecule has 1 aromatic carbocycles. The maximum atomic E-state index is 4.56. The van der Waals surface area contributed by atoms with Gasteiger partial charge in [-0.1, -0.05) is 36.4 Å². The lowest BCUT2D eigenvalue weighted by Crippen LogP contribution is -2.27. The molecule has 0 aliphatic heterocycles. The Morgan fingerprint density at radius 2 is 2.00 bits per heavy atom. The van der Waals surface area contributed by atoms with E-state index >= 15 is 0 Å². The average Bonchev–Trinajstić information content (AvgIpc) is 2.49. The van der Waals surface area contributed by atoms with Crippen molar-refractivity contribution in [1.82, 2.24) is 10.3 Å². The molecule has 1 unspecified atom stereocenters.